The van der Waals surface area contributed by atoms with E-state index in [0.29, 0.717) is 12.4 Å². The summed E-state index contributed by atoms with van der Waals surface area (Å²) >= 11 is 0. The van der Waals surface area contributed by atoms with E-state index in [9.17, 15) is 0 Å². The molecule has 1 fully saturated rings. The monoisotopic (exact) mass is 211 g/mol. The highest BCUT2D eigenvalue weighted by molar-refractivity contribution is 4.73. The third-order valence-electron chi connectivity index (χ3n) is 2.61. The van der Waals surface area contributed by atoms with E-state index in [1.165, 1.54) is 11.2 Å². The normalized spacial score (nSPS) is 21.0. The highest BCUT2D eigenvalue weighted by atomic mass is 16.5. The van der Waals surface area contributed by atoms with E-state index in [-0.39, 0.29) is 0 Å². The van der Waals surface area contributed by atoms with Crippen LogP contribution in [0.2, 0.25) is 0 Å². The quantitative estimate of drug-likeness (QED) is 0.679. The lowest BCUT2D eigenvalue weighted by Crippen LogP contribution is -2.11. The van der Waals surface area contributed by atoms with Gasteiger partial charge in [0.15, 0.2) is 5.82 Å². The van der Waals surface area contributed by atoms with Crippen molar-refractivity contribution in [3.63, 3.8) is 0 Å². The topological polar surface area (TPSA) is 64.9 Å². The van der Waals surface area contributed by atoms with Crippen LogP contribution in [-0.2, 0) is 18.4 Å². The van der Waals surface area contributed by atoms with Gasteiger partial charge >= 0.3 is 0 Å². The Hall–Kier alpha value is -1.01. The lowest BCUT2D eigenvalue weighted by atomic mass is 10.1. The SMILES string of the molecule is Cn1nnc(COCCC2CCNC2)n1. The Balaban J connectivity index is 1.58. The van der Waals surface area contributed by atoms with E-state index in [1.54, 1.807) is 7.05 Å². The van der Waals surface area contributed by atoms with Gasteiger partial charge in [0.25, 0.3) is 0 Å². The minimum absolute atomic E-state index is 0.466. The van der Waals surface area contributed by atoms with Gasteiger partial charge in [-0.05, 0) is 37.1 Å². The molecule has 1 aliphatic rings. The van der Waals surface area contributed by atoms with Crippen molar-refractivity contribution < 1.29 is 4.74 Å². The molecule has 0 bridgehead atoms. The van der Waals surface area contributed by atoms with Gasteiger partial charge in [-0.3, -0.25) is 0 Å². The summed E-state index contributed by atoms with van der Waals surface area (Å²) in [6, 6.07) is 0. The Labute approximate surface area is 89.0 Å². The number of nitrogens with zero attached hydrogens (tertiary/aromatic N) is 4. The van der Waals surface area contributed by atoms with Crippen molar-refractivity contribution >= 4 is 0 Å². The number of nitrogens with one attached hydrogen (secondary N) is 1. The lowest BCUT2D eigenvalue weighted by molar-refractivity contribution is 0.104. The first-order chi connectivity index (χ1) is 7.34. The van der Waals surface area contributed by atoms with Gasteiger partial charge in [0.1, 0.15) is 6.61 Å². The van der Waals surface area contributed by atoms with Crippen LogP contribution in [0.25, 0.3) is 0 Å². The summed E-state index contributed by atoms with van der Waals surface area (Å²) in [5.74, 6) is 1.43. The van der Waals surface area contributed by atoms with E-state index >= 15 is 0 Å². The molecule has 1 unspecified atom stereocenters. The van der Waals surface area contributed by atoms with Crippen molar-refractivity contribution in [1.29, 1.82) is 0 Å². The number of aromatic nitrogens is 4. The molecule has 0 amide bonds. The van der Waals surface area contributed by atoms with Crippen molar-refractivity contribution in [2.75, 3.05) is 19.7 Å². The summed E-state index contributed by atoms with van der Waals surface area (Å²) in [4.78, 5) is 1.44. The van der Waals surface area contributed by atoms with Crippen molar-refractivity contribution in [2.45, 2.75) is 19.4 Å². The van der Waals surface area contributed by atoms with Crippen LogP contribution in [0.3, 0.4) is 0 Å². The van der Waals surface area contributed by atoms with Crippen molar-refractivity contribution in [3.8, 4) is 0 Å². The second kappa shape index (κ2) is 5.18. The molecule has 0 radical (unpaired) electrons. The number of tetrazole rings is 1. The Morgan fingerprint density at radius 1 is 1.60 bits per heavy atom. The van der Waals surface area contributed by atoms with Crippen LogP contribution in [0.1, 0.15) is 18.7 Å². The molecular formula is C9H17N5O. The minimum atomic E-state index is 0.466. The van der Waals surface area contributed by atoms with Crippen LogP contribution in [0.4, 0.5) is 0 Å². The van der Waals surface area contributed by atoms with Crippen LogP contribution in [0.5, 0.6) is 0 Å². The van der Waals surface area contributed by atoms with Crippen LogP contribution in [-0.4, -0.2) is 39.9 Å². The fraction of sp³-hybridized carbons (Fsp3) is 0.889. The number of hydrogen-bond donors (Lipinski definition) is 1. The van der Waals surface area contributed by atoms with Crippen LogP contribution in [0, 0.1) is 5.92 Å². The second-order valence-electron chi connectivity index (χ2n) is 3.90. The molecule has 1 N–H and O–H groups in total. The Kier molecular flexibility index (Phi) is 3.63. The molecule has 6 nitrogen and oxygen atoms in total. The molecule has 1 aliphatic heterocycles. The first-order valence-corrected chi connectivity index (χ1v) is 5.36. The van der Waals surface area contributed by atoms with E-state index in [0.717, 1.165) is 32.0 Å². The third kappa shape index (κ3) is 3.24. The van der Waals surface area contributed by atoms with Crippen LogP contribution in [0.15, 0.2) is 0 Å². The summed E-state index contributed by atoms with van der Waals surface area (Å²) < 4.78 is 5.49. The van der Waals surface area contributed by atoms with Gasteiger partial charge in [-0.2, -0.15) is 4.80 Å². The van der Waals surface area contributed by atoms with Gasteiger partial charge in [-0.1, -0.05) is 0 Å². The number of hydrogen-bond acceptors (Lipinski definition) is 5. The zero-order valence-corrected chi connectivity index (χ0v) is 9.02. The van der Waals surface area contributed by atoms with E-state index in [2.05, 4.69) is 20.7 Å². The lowest BCUT2D eigenvalue weighted by Gasteiger charge is -2.06. The molecule has 1 aromatic heterocycles. The number of aryl methyl sites for hydroxylation is 1. The maximum absolute atomic E-state index is 5.49. The summed E-state index contributed by atoms with van der Waals surface area (Å²) in [6.45, 7) is 3.53. The van der Waals surface area contributed by atoms with E-state index in [1.807, 2.05) is 0 Å². The fourth-order valence-electron chi connectivity index (χ4n) is 1.76. The van der Waals surface area contributed by atoms with Crippen LogP contribution >= 0.6 is 0 Å². The van der Waals surface area contributed by atoms with Gasteiger partial charge in [0, 0.05) is 6.61 Å². The maximum atomic E-state index is 5.49. The average molecular weight is 211 g/mol. The molecule has 15 heavy (non-hydrogen) atoms. The molecular weight excluding hydrogens is 194 g/mol. The molecule has 0 aromatic carbocycles. The summed E-state index contributed by atoms with van der Waals surface area (Å²) in [6.07, 6.45) is 2.39. The van der Waals surface area contributed by atoms with Crippen molar-refractivity contribution in [3.05, 3.63) is 5.82 Å². The van der Waals surface area contributed by atoms with E-state index in [4.69, 9.17) is 4.74 Å². The van der Waals surface area contributed by atoms with Gasteiger partial charge < -0.3 is 10.1 Å². The van der Waals surface area contributed by atoms with Gasteiger partial charge in [-0.25, -0.2) is 0 Å². The molecule has 2 heterocycles. The largest absolute Gasteiger partial charge is 0.373 e. The van der Waals surface area contributed by atoms with Gasteiger partial charge in [0.2, 0.25) is 0 Å². The molecule has 0 saturated carbocycles. The summed E-state index contributed by atoms with van der Waals surface area (Å²) in [5, 5.41) is 15.0. The molecule has 84 valence electrons. The predicted molar refractivity (Wildman–Crippen MR) is 54.0 cm³/mol. The summed E-state index contributed by atoms with van der Waals surface area (Å²) in [5.41, 5.74) is 0. The minimum Gasteiger partial charge on any atom is -0.373 e. The molecule has 1 aromatic rings. The predicted octanol–water partition coefficient (Wildman–Crippen LogP) is -0.274. The molecule has 2 rings (SSSR count). The Morgan fingerprint density at radius 2 is 2.53 bits per heavy atom. The number of rotatable bonds is 5. The Bertz CT molecular complexity index is 294. The Morgan fingerprint density at radius 3 is 3.20 bits per heavy atom. The zero-order valence-electron chi connectivity index (χ0n) is 9.02. The van der Waals surface area contributed by atoms with Crippen LogP contribution < -0.4 is 5.32 Å². The molecule has 1 saturated heterocycles. The first-order valence-electron chi connectivity index (χ1n) is 5.36. The molecule has 1 atom stereocenters. The zero-order chi connectivity index (χ0) is 10.5. The van der Waals surface area contributed by atoms with Crippen molar-refractivity contribution in [2.24, 2.45) is 13.0 Å². The average Bonchev–Trinajstić information content (AvgIpc) is 2.84. The highest BCUT2D eigenvalue weighted by Crippen LogP contribution is 2.11. The first kappa shape index (κ1) is 10.5. The highest BCUT2D eigenvalue weighted by Gasteiger charge is 2.13. The third-order valence-corrected chi connectivity index (χ3v) is 2.61. The molecule has 6 heteroatoms. The smallest absolute Gasteiger partial charge is 0.200 e. The number of ether oxygens (including phenoxy) is 1. The second-order valence-corrected chi connectivity index (χ2v) is 3.90. The van der Waals surface area contributed by atoms with Crippen molar-refractivity contribution in [1.82, 2.24) is 25.5 Å². The molecule has 0 spiro atoms. The summed E-state index contributed by atoms with van der Waals surface area (Å²) in [7, 11) is 1.75. The van der Waals surface area contributed by atoms with E-state index < -0.39 is 0 Å². The maximum Gasteiger partial charge on any atom is 0.200 e. The van der Waals surface area contributed by atoms with Gasteiger partial charge in [0.05, 0.1) is 7.05 Å². The van der Waals surface area contributed by atoms with Gasteiger partial charge in [-0.15, -0.1) is 10.2 Å². The fourth-order valence-corrected chi connectivity index (χ4v) is 1.76. The standard InChI is InChI=1S/C9H17N5O/c1-14-12-9(11-13-14)7-15-5-3-8-2-4-10-6-8/h8,10H,2-7H2,1H3. The molecule has 0 aliphatic carbocycles.